The topological polar surface area (TPSA) is 126 Å². The van der Waals surface area contributed by atoms with E-state index < -0.39 is 24.0 Å². The molecular formula is C16H23N5O4. The van der Waals surface area contributed by atoms with Gasteiger partial charge in [-0.1, -0.05) is 12.8 Å². The molecule has 0 aromatic carbocycles. The van der Waals surface area contributed by atoms with Crippen LogP contribution in [-0.2, 0) is 10.5 Å². The van der Waals surface area contributed by atoms with Crippen LogP contribution in [0.25, 0.3) is 11.2 Å². The van der Waals surface area contributed by atoms with Gasteiger partial charge in [-0.3, -0.25) is 4.57 Å². The second-order valence-corrected chi connectivity index (χ2v) is 6.96. The molecule has 9 heteroatoms. The van der Waals surface area contributed by atoms with Crippen LogP contribution in [-0.4, -0.2) is 65.8 Å². The normalized spacial score (nSPS) is 33.4. The summed E-state index contributed by atoms with van der Waals surface area (Å²) in [6.07, 6.45) is 4.32. The van der Waals surface area contributed by atoms with Crippen molar-refractivity contribution < 1.29 is 20.1 Å². The number of aliphatic hydroxyl groups is 3. The molecular weight excluding hydrogens is 326 g/mol. The number of rotatable bonds is 4. The first-order valence-electron chi connectivity index (χ1n) is 8.64. The SMILES string of the molecule is C[C@@]1(n2cnc3c(NC4CCCC4)ncnc32)O[C@H](CO)[C@@H](O)[C@H]1O. The molecule has 0 spiro atoms. The molecule has 0 radical (unpaired) electrons. The number of fused-ring (bicyclic) bond motifs is 1. The molecule has 2 aromatic rings. The molecule has 0 amide bonds. The smallest absolute Gasteiger partial charge is 0.173 e. The van der Waals surface area contributed by atoms with Crippen molar-refractivity contribution in [3.05, 3.63) is 12.7 Å². The van der Waals surface area contributed by atoms with Crippen molar-refractivity contribution in [1.29, 1.82) is 0 Å². The predicted octanol–water partition coefficient (Wildman–Crippen LogP) is -0.0336. The van der Waals surface area contributed by atoms with E-state index in [1.807, 2.05) is 0 Å². The zero-order valence-corrected chi connectivity index (χ0v) is 14.0. The predicted molar refractivity (Wildman–Crippen MR) is 88.8 cm³/mol. The minimum atomic E-state index is -1.28. The summed E-state index contributed by atoms with van der Waals surface area (Å²) >= 11 is 0. The largest absolute Gasteiger partial charge is 0.394 e. The lowest BCUT2D eigenvalue weighted by molar-refractivity contribution is -0.132. The van der Waals surface area contributed by atoms with Gasteiger partial charge in [0.1, 0.15) is 24.6 Å². The molecule has 4 atom stereocenters. The van der Waals surface area contributed by atoms with E-state index in [0.717, 1.165) is 12.8 Å². The number of ether oxygens (including phenoxy) is 1. The molecule has 136 valence electrons. The summed E-state index contributed by atoms with van der Waals surface area (Å²) in [7, 11) is 0. The number of nitrogens with one attached hydrogen (secondary N) is 1. The Labute approximate surface area is 144 Å². The molecule has 1 aliphatic carbocycles. The van der Waals surface area contributed by atoms with Gasteiger partial charge in [-0.05, 0) is 19.8 Å². The second-order valence-electron chi connectivity index (χ2n) is 6.96. The molecule has 1 saturated carbocycles. The van der Waals surface area contributed by atoms with Gasteiger partial charge in [0.2, 0.25) is 0 Å². The van der Waals surface area contributed by atoms with E-state index in [2.05, 4.69) is 20.3 Å². The molecule has 3 heterocycles. The van der Waals surface area contributed by atoms with E-state index in [-0.39, 0.29) is 6.61 Å². The van der Waals surface area contributed by atoms with E-state index in [0.29, 0.717) is 23.0 Å². The lowest BCUT2D eigenvalue weighted by Gasteiger charge is -2.29. The van der Waals surface area contributed by atoms with E-state index in [4.69, 9.17) is 4.74 Å². The minimum absolute atomic E-state index is 0.382. The van der Waals surface area contributed by atoms with Crippen molar-refractivity contribution in [3.63, 3.8) is 0 Å². The molecule has 9 nitrogen and oxygen atoms in total. The summed E-state index contributed by atoms with van der Waals surface area (Å²) in [6, 6.07) is 0.382. The van der Waals surface area contributed by atoms with E-state index in [9.17, 15) is 15.3 Å². The summed E-state index contributed by atoms with van der Waals surface area (Å²) in [5.41, 5.74) is -0.184. The van der Waals surface area contributed by atoms with Gasteiger partial charge < -0.3 is 25.4 Å². The lowest BCUT2D eigenvalue weighted by atomic mass is 10.0. The third-order valence-electron chi connectivity index (χ3n) is 5.33. The number of aliphatic hydroxyl groups excluding tert-OH is 3. The average molecular weight is 349 g/mol. The third kappa shape index (κ3) is 2.58. The fraction of sp³-hybridized carbons (Fsp3) is 0.688. The van der Waals surface area contributed by atoms with Crippen molar-refractivity contribution in [3.8, 4) is 0 Å². The maximum Gasteiger partial charge on any atom is 0.173 e. The lowest BCUT2D eigenvalue weighted by Crippen LogP contribution is -2.43. The van der Waals surface area contributed by atoms with Gasteiger partial charge >= 0.3 is 0 Å². The van der Waals surface area contributed by atoms with Crippen molar-refractivity contribution in [2.75, 3.05) is 11.9 Å². The first-order valence-corrected chi connectivity index (χ1v) is 8.64. The monoisotopic (exact) mass is 349 g/mol. The Kier molecular flexibility index (Phi) is 4.11. The second kappa shape index (κ2) is 6.17. The van der Waals surface area contributed by atoms with E-state index in [1.54, 1.807) is 11.5 Å². The first-order chi connectivity index (χ1) is 12.0. The Morgan fingerprint density at radius 3 is 2.72 bits per heavy atom. The number of imidazole rings is 1. The highest BCUT2D eigenvalue weighted by atomic mass is 16.6. The fourth-order valence-electron chi connectivity index (χ4n) is 3.84. The number of anilines is 1. The van der Waals surface area contributed by atoms with Crippen LogP contribution in [0.15, 0.2) is 12.7 Å². The van der Waals surface area contributed by atoms with Crippen molar-refractivity contribution in [1.82, 2.24) is 19.5 Å². The summed E-state index contributed by atoms with van der Waals surface area (Å²) in [5.74, 6) is 0.658. The molecule has 1 saturated heterocycles. The maximum absolute atomic E-state index is 10.5. The molecule has 0 bridgehead atoms. The number of hydrogen-bond donors (Lipinski definition) is 4. The number of hydrogen-bond acceptors (Lipinski definition) is 8. The van der Waals surface area contributed by atoms with Crippen LogP contribution in [0, 0.1) is 0 Å². The third-order valence-corrected chi connectivity index (χ3v) is 5.33. The molecule has 2 aromatic heterocycles. The Morgan fingerprint density at radius 1 is 1.28 bits per heavy atom. The van der Waals surface area contributed by atoms with Gasteiger partial charge in [0.15, 0.2) is 22.7 Å². The van der Waals surface area contributed by atoms with Gasteiger partial charge in [-0.2, -0.15) is 0 Å². The van der Waals surface area contributed by atoms with Crippen LogP contribution in [0.5, 0.6) is 0 Å². The highest BCUT2D eigenvalue weighted by Gasteiger charge is 2.52. The quantitative estimate of drug-likeness (QED) is 0.606. The minimum Gasteiger partial charge on any atom is -0.394 e. The summed E-state index contributed by atoms with van der Waals surface area (Å²) in [6.45, 7) is 1.26. The summed E-state index contributed by atoms with van der Waals surface area (Å²) < 4.78 is 7.33. The molecule has 4 N–H and O–H groups in total. The summed E-state index contributed by atoms with van der Waals surface area (Å²) in [4.78, 5) is 13.0. The molecule has 2 fully saturated rings. The van der Waals surface area contributed by atoms with Crippen LogP contribution in [0.2, 0.25) is 0 Å². The average Bonchev–Trinajstić information content (AvgIpc) is 3.32. The van der Waals surface area contributed by atoms with Gasteiger partial charge in [-0.25, -0.2) is 15.0 Å². The molecule has 2 aliphatic rings. The molecule has 25 heavy (non-hydrogen) atoms. The van der Waals surface area contributed by atoms with E-state index >= 15 is 0 Å². The Balaban J connectivity index is 1.71. The molecule has 4 rings (SSSR count). The summed E-state index contributed by atoms with van der Waals surface area (Å²) in [5, 5.41) is 33.3. The van der Waals surface area contributed by atoms with Gasteiger partial charge in [0.05, 0.1) is 12.9 Å². The maximum atomic E-state index is 10.5. The zero-order valence-electron chi connectivity index (χ0n) is 14.0. The fourth-order valence-corrected chi connectivity index (χ4v) is 3.84. The van der Waals surface area contributed by atoms with Gasteiger partial charge in [0, 0.05) is 6.04 Å². The van der Waals surface area contributed by atoms with Crippen LogP contribution in [0.1, 0.15) is 32.6 Å². The van der Waals surface area contributed by atoms with Gasteiger partial charge in [0.25, 0.3) is 0 Å². The number of nitrogens with zero attached hydrogens (tertiary/aromatic N) is 4. The zero-order chi connectivity index (χ0) is 17.6. The standard InChI is InChI=1S/C16H23N5O4/c1-16(13(24)12(23)10(6-22)25-16)21-8-19-11-14(17-7-18-15(11)21)20-9-4-2-3-5-9/h7-10,12-13,22-24H,2-6H2,1H3,(H,17,18,20)/t10-,12-,13-,16-/m1/s1. The van der Waals surface area contributed by atoms with Gasteiger partial charge in [-0.15, -0.1) is 0 Å². The van der Waals surface area contributed by atoms with Crippen LogP contribution < -0.4 is 5.32 Å². The van der Waals surface area contributed by atoms with Crippen LogP contribution >= 0.6 is 0 Å². The van der Waals surface area contributed by atoms with Crippen LogP contribution in [0.4, 0.5) is 5.82 Å². The Bertz CT molecular complexity index is 762. The van der Waals surface area contributed by atoms with E-state index in [1.165, 1.54) is 25.5 Å². The van der Waals surface area contributed by atoms with Crippen molar-refractivity contribution in [2.45, 2.75) is 62.7 Å². The number of aromatic nitrogens is 4. The highest BCUT2D eigenvalue weighted by molar-refractivity contribution is 5.83. The first kappa shape index (κ1) is 16.6. The Hall–Kier alpha value is -1.81. The molecule has 1 aliphatic heterocycles. The molecule has 0 unspecified atom stereocenters. The van der Waals surface area contributed by atoms with Crippen molar-refractivity contribution >= 4 is 17.0 Å². The highest BCUT2D eigenvalue weighted by Crippen LogP contribution is 2.37. The van der Waals surface area contributed by atoms with Crippen molar-refractivity contribution in [2.24, 2.45) is 0 Å². The Morgan fingerprint density at radius 2 is 2.04 bits per heavy atom. The van der Waals surface area contributed by atoms with Crippen LogP contribution in [0.3, 0.4) is 0 Å².